The van der Waals surface area contributed by atoms with Gasteiger partial charge in [0.2, 0.25) is 0 Å². The minimum atomic E-state index is -2.22. The first-order chi connectivity index (χ1) is 8.62. The zero-order valence-corrected chi connectivity index (χ0v) is 10.8. The maximum Gasteiger partial charge on any atom is 0.358 e. The number of rotatable bonds is 1. The molecule has 0 radical (unpaired) electrons. The largest absolute Gasteiger partial charge is 0.423 e. The molecule has 0 N–H and O–H groups in total. The maximum absolute atomic E-state index is 15.1. The summed E-state index contributed by atoms with van der Waals surface area (Å²) in [5, 5.41) is 0. The van der Waals surface area contributed by atoms with Crippen molar-refractivity contribution in [1.82, 2.24) is 0 Å². The van der Waals surface area contributed by atoms with Gasteiger partial charge in [0.05, 0.1) is 0 Å². The van der Waals surface area contributed by atoms with Crippen molar-refractivity contribution >= 4 is 21.9 Å². The summed E-state index contributed by atoms with van der Waals surface area (Å²) in [7, 11) is 0. The van der Waals surface area contributed by atoms with Crippen molar-refractivity contribution in [2.24, 2.45) is 0 Å². The third-order valence-electron chi connectivity index (χ3n) is 2.97. The third-order valence-corrected chi connectivity index (χ3v) is 3.46. The number of benzene rings is 2. The molecule has 4 heteroatoms. The van der Waals surface area contributed by atoms with Crippen molar-refractivity contribution in [1.29, 1.82) is 0 Å². The minimum Gasteiger partial charge on any atom is -0.423 e. The molecule has 0 saturated heterocycles. The Morgan fingerprint density at radius 3 is 2.56 bits per heavy atom. The molecule has 1 atom stereocenters. The molecule has 2 aromatic rings. The fraction of sp³-hybridized carbons (Fsp3) is 0.0714. The van der Waals surface area contributed by atoms with E-state index in [2.05, 4.69) is 15.9 Å². The van der Waals surface area contributed by atoms with E-state index < -0.39 is 11.6 Å². The molecule has 3 rings (SSSR count). The predicted octanol–water partition coefficient (Wildman–Crippen LogP) is 3.58. The number of hydrogen-bond donors (Lipinski definition) is 0. The van der Waals surface area contributed by atoms with Crippen LogP contribution in [-0.4, -0.2) is 5.97 Å². The molecule has 2 nitrogen and oxygen atoms in total. The number of esters is 1. The van der Waals surface area contributed by atoms with Crippen molar-refractivity contribution in [3.63, 3.8) is 0 Å². The first-order valence-corrected chi connectivity index (χ1v) is 6.18. The van der Waals surface area contributed by atoms with Crippen LogP contribution in [0.25, 0.3) is 0 Å². The van der Waals surface area contributed by atoms with Crippen LogP contribution < -0.4 is 4.74 Å². The van der Waals surface area contributed by atoms with Crippen molar-refractivity contribution in [2.75, 3.05) is 0 Å². The normalized spacial score (nSPS) is 21.6. The number of hydrogen-bond acceptors (Lipinski definition) is 2. The SMILES string of the molecule is O=C1Oc2ccc(Br)cc2C1(F)c1ccccc1. The van der Waals surface area contributed by atoms with E-state index in [4.69, 9.17) is 4.74 Å². The molecular weight excluding hydrogens is 299 g/mol. The van der Waals surface area contributed by atoms with E-state index in [1.807, 2.05) is 0 Å². The van der Waals surface area contributed by atoms with Gasteiger partial charge in [-0.25, -0.2) is 9.18 Å². The number of carbonyl (C=O) groups is 1. The second-order valence-electron chi connectivity index (χ2n) is 4.05. The minimum absolute atomic E-state index is 0.244. The highest BCUT2D eigenvalue weighted by Crippen LogP contribution is 2.46. The third kappa shape index (κ3) is 1.49. The molecule has 0 amide bonds. The Labute approximate surface area is 112 Å². The standard InChI is InChI=1S/C14H8BrFO2/c15-10-6-7-12-11(8-10)14(16,13(17)18-12)9-4-2-1-3-5-9/h1-8H. The molecule has 1 unspecified atom stereocenters. The van der Waals surface area contributed by atoms with E-state index in [1.54, 1.807) is 48.5 Å². The molecule has 1 aliphatic rings. The summed E-state index contributed by atoms with van der Waals surface area (Å²) in [5.41, 5.74) is -1.69. The quantitative estimate of drug-likeness (QED) is 0.594. The molecule has 0 saturated carbocycles. The van der Waals surface area contributed by atoms with Crippen LogP contribution in [0.2, 0.25) is 0 Å². The lowest BCUT2D eigenvalue weighted by Gasteiger charge is -2.16. The van der Waals surface area contributed by atoms with E-state index in [1.165, 1.54) is 0 Å². The highest BCUT2D eigenvalue weighted by atomic mass is 79.9. The van der Waals surface area contributed by atoms with Gasteiger partial charge in [0, 0.05) is 15.6 Å². The monoisotopic (exact) mass is 306 g/mol. The molecule has 90 valence electrons. The zero-order chi connectivity index (χ0) is 12.8. The van der Waals surface area contributed by atoms with Crippen LogP contribution in [0.4, 0.5) is 4.39 Å². The van der Waals surface area contributed by atoms with E-state index in [0.29, 0.717) is 4.47 Å². The summed E-state index contributed by atoms with van der Waals surface area (Å²) in [5.74, 6) is -0.614. The summed E-state index contributed by atoms with van der Waals surface area (Å²) in [6.45, 7) is 0. The smallest absolute Gasteiger partial charge is 0.358 e. The number of carbonyl (C=O) groups excluding carboxylic acids is 1. The Morgan fingerprint density at radius 2 is 1.83 bits per heavy atom. The van der Waals surface area contributed by atoms with Gasteiger partial charge in [-0.2, -0.15) is 0 Å². The fourth-order valence-electron chi connectivity index (χ4n) is 2.08. The van der Waals surface area contributed by atoms with Crippen LogP contribution >= 0.6 is 15.9 Å². The Balaban J connectivity index is 2.25. The van der Waals surface area contributed by atoms with Gasteiger partial charge in [-0.15, -0.1) is 0 Å². The highest BCUT2D eigenvalue weighted by Gasteiger charge is 2.51. The van der Waals surface area contributed by atoms with Crippen LogP contribution in [0.15, 0.2) is 53.0 Å². The number of ether oxygens (including phenoxy) is 1. The van der Waals surface area contributed by atoms with Crippen LogP contribution in [0, 0.1) is 0 Å². The molecule has 0 bridgehead atoms. The Morgan fingerprint density at radius 1 is 1.11 bits per heavy atom. The first-order valence-electron chi connectivity index (χ1n) is 5.39. The molecule has 1 heterocycles. The molecule has 0 fully saturated rings. The average Bonchev–Trinajstić information content (AvgIpc) is 2.64. The maximum atomic E-state index is 15.1. The van der Waals surface area contributed by atoms with Gasteiger partial charge in [-0.1, -0.05) is 46.3 Å². The van der Waals surface area contributed by atoms with Crippen LogP contribution in [0.5, 0.6) is 5.75 Å². The van der Waals surface area contributed by atoms with Crippen molar-refractivity contribution < 1.29 is 13.9 Å². The van der Waals surface area contributed by atoms with Gasteiger partial charge in [-0.3, -0.25) is 0 Å². The Kier molecular flexibility index (Phi) is 2.48. The Bertz CT molecular complexity index is 627. The van der Waals surface area contributed by atoms with E-state index in [-0.39, 0.29) is 16.9 Å². The van der Waals surface area contributed by atoms with Crippen molar-refractivity contribution in [3.05, 3.63) is 64.1 Å². The molecule has 1 aliphatic heterocycles. The Hall–Kier alpha value is -1.68. The van der Waals surface area contributed by atoms with Gasteiger partial charge in [0.25, 0.3) is 5.67 Å². The number of fused-ring (bicyclic) bond motifs is 1. The van der Waals surface area contributed by atoms with Gasteiger partial charge < -0.3 is 4.74 Å². The topological polar surface area (TPSA) is 26.3 Å². The lowest BCUT2D eigenvalue weighted by molar-refractivity contribution is -0.142. The fourth-order valence-corrected chi connectivity index (χ4v) is 2.44. The second kappa shape index (κ2) is 3.92. The number of alkyl halides is 1. The summed E-state index contributed by atoms with van der Waals surface area (Å²) >= 11 is 3.28. The summed E-state index contributed by atoms with van der Waals surface area (Å²) in [4.78, 5) is 11.9. The summed E-state index contributed by atoms with van der Waals surface area (Å²) in [6.07, 6.45) is 0. The lowest BCUT2D eigenvalue weighted by atomic mass is 9.89. The van der Waals surface area contributed by atoms with Crippen LogP contribution in [-0.2, 0) is 10.5 Å². The first kappa shape index (κ1) is 11.4. The van der Waals surface area contributed by atoms with E-state index in [0.717, 1.165) is 0 Å². The summed E-state index contributed by atoms with van der Waals surface area (Å²) < 4.78 is 20.8. The highest BCUT2D eigenvalue weighted by molar-refractivity contribution is 9.10. The molecule has 0 aliphatic carbocycles. The molecular formula is C14H8BrFO2. The number of halogens is 2. The van der Waals surface area contributed by atoms with Crippen molar-refractivity contribution in [3.8, 4) is 5.75 Å². The van der Waals surface area contributed by atoms with Gasteiger partial charge in [0.15, 0.2) is 0 Å². The van der Waals surface area contributed by atoms with E-state index in [9.17, 15) is 4.79 Å². The van der Waals surface area contributed by atoms with Crippen LogP contribution in [0.1, 0.15) is 11.1 Å². The van der Waals surface area contributed by atoms with Crippen molar-refractivity contribution in [2.45, 2.75) is 5.67 Å². The summed E-state index contributed by atoms with van der Waals surface area (Å²) in [6, 6.07) is 13.2. The lowest BCUT2D eigenvalue weighted by Crippen LogP contribution is -2.29. The molecule has 0 aromatic heterocycles. The van der Waals surface area contributed by atoms with E-state index >= 15 is 4.39 Å². The average molecular weight is 307 g/mol. The zero-order valence-electron chi connectivity index (χ0n) is 9.19. The molecule has 2 aromatic carbocycles. The van der Waals surface area contributed by atoms with Gasteiger partial charge in [-0.05, 0) is 18.2 Å². The second-order valence-corrected chi connectivity index (χ2v) is 4.97. The molecule has 0 spiro atoms. The van der Waals surface area contributed by atoms with Crippen LogP contribution in [0.3, 0.4) is 0 Å². The van der Waals surface area contributed by atoms with Gasteiger partial charge >= 0.3 is 5.97 Å². The molecule has 18 heavy (non-hydrogen) atoms. The predicted molar refractivity (Wildman–Crippen MR) is 68.1 cm³/mol. The van der Waals surface area contributed by atoms with Gasteiger partial charge in [0.1, 0.15) is 5.75 Å².